The average Bonchev–Trinajstić information content (AvgIpc) is 1.60. The first-order valence-corrected chi connectivity index (χ1v) is 37.7. The molecule has 27 unspecified atom stereocenters. The largest absolute Gasteiger partial charge is 0.454 e. The van der Waals surface area contributed by atoms with E-state index in [-0.39, 0.29) is 78.0 Å². The van der Waals surface area contributed by atoms with Crippen LogP contribution in [-0.2, 0) is 44.9 Å². The molecule has 3 aromatic carbocycles. The van der Waals surface area contributed by atoms with Crippen LogP contribution >= 0.6 is 0 Å². The molecule has 4 heterocycles. The molecule has 0 aromatic heterocycles. The van der Waals surface area contributed by atoms with Crippen molar-refractivity contribution >= 4 is 12.3 Å². The second-order valence-corrected chi connectivity index (χ2v) is 35.8. The van der Waals surface area contributed by atoms with E-state index in [0.717, 1.165) is 125 Å². The molecule has 10 heteroatoms. The Morgan fingerprint density at radius 3 is 2.41 bits per heavy atom. The summed E-state index contributed by atoms with van der Waals surface area (Å²) < 4.78 is 15.4. The number of hydrogen-bond donors (Lipinski definition) is 6. The summed E-state index contributed by atoms with van der Waals surface area (Å²) in [6.07, 6.45) is 27.5. The number of aldehydes is 1. The molecule has 6 spiro atoms. The predicted molar refractivity (Wildman–Crippen MR) is 351 cm³/mol. The van der Waals surface area contributed by atoms with Crippen molar-refractivity contribution in [3.05, 3.63) is 130 Å². The van der Waals surface area contributed by atoms with Crippen molar-refractivity contribution in [3.8, 4) is 11.8 Å². The molecule has 0 radical (unpaired) electrons. The lowest BCUT2D eigenvalue weighted by Gasteiger charge is -2.83. The first-order chi connectivity index (χ1) is 45.1. The van der Waals surface area contributed by atoms with Crippen molar-refractivity contribution in [3.63, 3.8) is 0 Å². The lowest BCUT2D eigenvalue weighted by atomic mass is 9.25. The van der Waals surface area contributed by atoms with E-state index in [1.807, 2.05) is 19.2 Å². The second-order valence-electron chi connectivity index (χ2n) is 35.8. The number of esters is 1. The zero-order valence-electron chi connectivity index (χ0n) is 54.8. The summed E-state index contributed by atoms with van der Waals surface area (Å²) in [5, 5.41) is 77.8. The Labute approximate surface area is 550 Å². The maximum Gasteiger partial charge on any atom is 0.331 e. The Morgan fingerprint density at radius 1 is 0.742 bits per heavy atom. The molecule has 15 aliphatic carbocycles. The highest BCUT2D eigenvalue weighted by Crippen LogP contribution is 2.90. The smallest absolute Gasteiger partial charge is 0.331 e. The SMILES string of the molecule is CNC1Cc2c(cccc2CO)C#CC2(CCCC2)CC23CCC4C5(C=O)CC67C8CC9CC(c%10ccccc%10)CCC96CCC8C68CCC9(CC%10C=CCC(C%11CCC(Cc%12cccc(c%12)C6)C%11)C%10CC(C(O)C4(O)C2(O)CC2CC1C1OC(=O)C=C1C23)C59O)C7O8. The van der Waals surface area contributed by atoms with Crippen LogP contribution in [0.4, 0.5) is 0 Å². The van der Waals surface area contributed by atoms with Crippen molar-refractivity contribution in [1.29, 1.82) is 0 Å². The van der Waals surface area contributed by atoms with Crippen LogP contribution in [-0.4, -0.2) is 91.6 Å². The van der Waals surface area contributed by atoms with E-state index < -0.39 is 73.5 Å². The quantitative estimate of drug-likeness (QED) is 0.0641. The highest BCUT2D eigenvalue weighted by molar-refractivity contribution is 5.86. The van der Waals surface area contributed by atoms with Gasteiger partial charge in [-0.3, -0.25) is 0 Å². The van der Waals surface area contributed by atoms with Crippen LogP contribution in [0.1, 0.15) is 193 Å². The first kappa shape index (κ1) is 58.7. The summed E-state index contributed by atoms with van der Waals surface area (Å²) >= 11 is 0. The summed E-state index contributed by atoms with van der Waals surface area (Å²) in [4.78, 5) is 31.1. The molecule has 18 bridgehead atoms. The van der Waals surface area contributed by atoms with Crippen molar-refractivity contribution in [2.24, 2.45) is 109 Å². The van der Waals surface area contributed by atoms with Gasteiger partial charge in [0.05, 0.1) is 35.4 Å². The minimum Gasteiger partial charge on any atom is -0.454 e. The van der Waals surface area contributed by atoms with Crippen LogP contribution in [0.3, 0.4) is 0 Å². The lowest BCUT2D eigenvalue weighted by molar-refractivity contribution is -0.447. The van der Waals surface area contributed by atoms with Gasteiger partial charge in [0.1, 0.15) is 23.6 Å². The number of likely N-dealkylation sites (N-methyl/N-ethyl adjacent to an activating group) is 1. The molecule has 11 saturated carbocycles. The number of nitrogens with one attached hydrogen (secondary N) is 1. The molecule has 22 rings (SSSR count). The van der Waals surface area contributed by atoms with Crippen LogP contribution in [0.25, 0.3) is 0 Å². The number of hydrogen-bond acceptors (Lipinski definition) is 10. The minimum atomic E-state index is -2.25. The highest BCUT2D eigenvalue weighted by Gasteiger charge is 2.94. The van der Waals surface area contributed by atoms with Gasteiger partial charge in [0.15, 0.2) is 0 Å². The van der Waals surface area contributed by atoms with Crippen molar-refractivity contribution in [2.75, 3.05) is 7.05 Å². The zero-order chi connectivity index (χ0) is 62.7. The summed E-state index contributed by atoms with van der Waals surface area (Å²) in [6.45, 7) is -0.120. The van der Waals surface area contributed by atoms with E-state index in [2.05, 4.69) is 90.0 Å². The molecule has 4 aliphatic heterocycles. The molecule has 19 aliphatic rings. The third-order valence-electron chi connectivity index (χ3n) is 33.7. The zero-order valence-corrected chi connectivity index (χ0v) is 54.8. The Morgan fingerprint density at radius 2 is 1.57 bits per heavy atom. The Hall–Kier alpha value is -4.44. The van der Waals surface area contributed by atoms with Crippen molar-refractivity contribution < 1.29 is 44.6 Å². The van der Waals surface area contributed by atoms with Gasteiger partial charge < -0.3 is 45.1 Å². The van der Waals surface area contributed by atoms with E-state index in [0.29, 0.717) is 87.4 Å². The number of carbonyl (C=O) groups is 2. The second kappa shape index (κ2) is 19.7. The lowest BCUT2D eigenvalue weighted by Crippen LogP contribution is -2.91. The maximum absolute atomic E-state index is 16.7. The Balaban J connectivity index is 0.830. The van der Waals surface area contributed by atoms with Gasteiger partial charge >= 0.3 is 5.97 Å². The number of ether oxygens (including phenoxy) is 2. The molecule has 27 atom stereocenters. The molecule has 3 aromatic rings. The number of rotatable bonds is 4. The highest BCUT2D eigenvalue weighted by atomic mass is 16.5. The fourth-order valence-electron chi connectivity index (χ4n) is 31.0. The third-order valence-corrected chi connectivity index (χ3v) is 33.7. The summed E-state index contributed by atoms with van der Waals surface area (Å²) in [5.41, 5.74) is -3.50. The first-order valence-electron chi connectivity index (χ1n) is 37.7. The standard InChI is InChI=1S/C83H99NO9/c1-84-67-39-60-52(14-8-16-56(60)44-85)20-26-74(24-5-6-25-74)45-77-29-23-68-78(47-86)46-80-65-37-58-35-53(51-12-3-2-4-13-51)21-27-75(58,80)28-22-64(65)79-31-30-76(73(80)93-79)42-55-15-9-17-59(54-19-18-49(34-54)32-48-10-7-11-50(33-48)41-79)61(55)38-66(83(76,78)91)72(88)82(68,90)81(77,89)43-57-36-62(67)71-63(70(57)77)40-69(87)92-71/h2-4,7-16,33,40,47,49,53-55,57-59,61-62,64-68,70-73,84-85,88-91H,5-6,17-19,21-25,27-32,34-39,41-46H2,1H3. The Bertz CT molecular complexity index is 3770. The van der Waals surface area contributed by atoms with Crippen LogP contribution < -0.4 is 5.32 Å². The van der Waals surface area contributed by atoms with Crippen molar-refractivity contribution in [1.82, 2.24) is 5.32 Å². The molecule has 10 nitrogen and oxygen atoms in total. The number of benzene rings is 3. The molecule has 2 saturated heterocycles. The fraction of sp³-hybridized carbons (Fsp3) is 0.687. The normalized spacial score (nSPS) is 52.2. The molecule has 6 N–H and O–H groups in total. The average molecular weight is 1250 g/mol. The van der Waals surface area contributed by atoms with E-state index in [1.165, 1.54) is 29.4 Å². The predicted octanol–water partition coefficient (Wildman–Crippen LogP) is 12.0. The van der Waals surface area contributed by atoms with Gasteiger partial charge in [-0.2, -0.15) is 0 Å². The number of aliphatic hydroxyl groups is 5. The molecular weight excluding hydrogens is 1150 g/mol. The van der Waals surface area contributed by atoms with Gasteiger partial charge in [0.25, 0.3) is 0 Å². The van der Waals surface area contributed by atoms with Gasteiger partial charge in [-0.1, -0.05) is 104 Å². The van der Waals surface area contributed by atoms with Gasteiger partial charge in [-0.15, -0.1) is 0 Å². The summed E-state index contributed by atoms with van der Waals surface area (Å²) in [7, 11) is 1.98. The molecule has 93 heavy (non-hydrogen) atoms. The topological polar surface area (TPSA) is 166 Å². The monoisotopic (exact) mass is 1250 g/mol. The molecule has 13 fully saturated rings. The van der Waals surface area contributed by atoms with Crippen LogP contribution in [0, 0.1) is 121 Å². The number of aliphatic hydroxyl groups excluding tert-OH is 2. The minimum absolute atomic E-state index is 0.0777. The number of carbonyl (C=O) groups excluding carboxylic acids is 2. The van der Waals surface area contributed by atoms with Gasteiger partial charge in [0.2, 0.25) is 0 Å². The summed E-state index contributed by atoms with van der Waals surface area (Å²) in [5.74, 6) is 7.49. The van der Waals surface area contributed by atoms with Gasteiger partial charge in [-0.05, 0) is 271 Å². The van der Waals surface area contributed by atoms with Crippen LogP contribution in [0.5, 0.6) is 0 Å². The van der Waals surface area contributed by atoms with Gasteiger partial charge in [0, 0.05) is 63.5 Å². The number of fused-ring (bicyclic) bond motifs is 5. The van der Waals surface area contributed by atoms with Crippen LogP contribution in [0.15, 0.2) is 96.6 Å². The Kier molecular flexibility index (Phi) is 12.4. The van der Waals surface area contributed by atoms with E-state index in [4.69, 9.17) is 9.47 Å². The molecule has 490 valence electrons. The van der Waals surface area contributed by atoms with E-state index in [1.54, 1.807) is 6.08 Å². The van der Waals surface area contributed by atoms with E-state index in [9.17, 15) is 9.90 Å². The van der Waals surface area contributed by atoms with Crippen LogP contribution in [0.2, 0.25) is 0 Å². The molecular formula is C83H99NO9. The fourth-order valence-corrected chi connectivity index (χ4v) is 31.0. The third kappa shape index (κ3) is 7.00. The summed E-state index contributed by atoms with van der Waals surface area (Å²) in [6, 6.07) is 26.8. The maximum atomic E-state index is 16.7. The molecule has 0 amide bonds. The van der Waals surface area contributed by atoms with E-state index >= 15 is 25.2 Å². The number of allylic oxidation sites excluding steroid dienone is 2. The van der Waals surface area contributed by atoms with Crippen molar-refractivity contribution in [2.45, 2.75) is 233 Å². The van der Waals surface area contributed by atoms with Gasteiger partial charge in [-0.25, -0.2) is 4.79 Å².